The number of ether oxygens (including phenoxy) is 1. The van der Waals surface area contributed by atoms with E-state index in [1.807, 2.05) is 56.4 Å². The SMILES string of the molecule is Cc1ccnc(Oc2ccc3c(c2)CNc2ncnc4c2c-3c(-c2ccc(N)cc2)n4C)n1. The third kappa shape index (κ3) is 3.15. The topological polar surface area (TPSA) is 104 Å². The van der Waals surface area contributed by atoms with Gasteiger partial charge < -0.3 is 20.4 Å². The van der Waals surface area contributed by atoms with Crippen LogP contribution in [0.25, 0.3) is 33.4 Å². The summed E-state index contributed by atoms with van der Waals surface area (Å²) in [6.45, 7) is 2.51. The summed E-state index contributed by atoms with van der Waals surface area (Å²) in [4.78, 5) is 17.7. The molecule has 3 N–H and O–H groups in total. The predicted molar refractivity (Wildman–Crippen MR) is 128 cm³/mol. The minimum Gasteiger partial charge on any atom is -0.424 e. The van der Waals surface area contributed by atoms with Crippen LogP contribution in [0.15, 0.2) is 61.1 Å². The first-order valence-corrected chi connectivity index (χ1v) is 10.6. The van der Waals surface area contributed by atoms with Crippen molar-refractivity contribution in [1.29, 1.82) is 0 Å². The first kappa shape index (κ1) is 19.2. The van der Waals surface area contributed by atoms with Crippen LogP contribution in [-0.2, 0) is 13.6 Å². The van der Waals surface area contributed by atoms with Gasteiger partial charge in [-0.3, -0.25) is 0 Å². The fourth-order valence-corrected chi connectivity index (χ4v) is 4.41. The smallest absolute Gasteiger partial charge is 0.322 e. The fourth-order valence-electron chi connectivity index (χ4n) is 4.41. The van der Waals surface area contributed by atoms with Crippen molar-refractivity contribution in [3.8, 4) is 34.1 Å². The van der Waals surface area contributed by atoms with E-state index in [0.29, 0.717) is 18.3 Å². The lowest BCUT2D eigenvalue weighted by Gasteiger charge is -2.13. The average Bonchev–Trinajstić information content (AvgIpc) is 3.01. The molecule has 0 radical (unpaired) electrons. The van der Waals surface area contributed by atoms with E-state index in [9.17, 15) is 0 Å². The second-order valence-electron chi connectivity index (χ2n) is 8.08. The van der Waals surface area contributed by atoms with Gasteiger partial charge in [-0.15, -0.1) is 0 Å². The summed E-state index contributed by atoms with van der Waals surface area (Å²) in [5.41, 5.74) is 13.8. The van der Waals surface area contributed by atoms with Crippen molar-refractivity contribution in [2.24, 2.45) is 7.05 Å². The lowest BCUT2D eigenvalue weighted by Crippen LogP contribution is -2.03. The Morgan fingerprint density at radius 3 is 2.70 bits per heavy atom. The molecular weight excluding hydrogens is 414 g/mol. The van der Waals surface area contributed by atoms with E-state index in [4.69, 9.17) is 10.5 Å². The molecule has 0 saturated heterocycles. The number of hydrogen-bond acceptors (Lipinski definition) is 7. The van der Waals surface area contributed by atoms with Crippen LogP contribution in [0.5, 0.6) is 11.8 Å². The predicted octanol–water partition coefficient (Wildman–Crippen LogP) is 4.70. The molecule has 0 saturated carbocycles. The molecule has 0 unspecified atom stereocenters. The number of fused-ring (bicyclic) bond motifs is 2. The number of aromatic nitrogens is 5. The molecule has 0 amide bonds. The zero-order valence-electron chi connectivity index (χ0n) is 18.2. The van der Waals surface area contributed by atoms with E-state index in [1.54, 1.807) is 12.5 Å². The summed E-state index contributed by atoms with van der Waals surface area (Å²) >= 11 is 0. The summed E-state index contributed by atoms with van der Waals surface area (Å²) in [7, 11) is 2.03. The highest BCUT2D eigenvalue weighted by Gasteiger charge is 2.26. The molecule has 5 aromatic rings. The Morgan fingerprint density at radius 1 is 1.03 bits per heavy atom. The van der Waals surface area contributed by atoms with Gasteiger partial charge in [-0.25, -0.2) is 19.9 Å². The van der Waals surface area contributed by atoms with E-state index >= 15 is 0 Å². The fraction of sp³-hybridized carbons (Fsp3) is 0.120. The van der Waals surface area contributed by atoms with Crippen LogP contribution in [-0.4, -0.2) is 24.5 Å². The molecule has 8 nitrogen and oxygen atoms in total. The van der Waals surface area contributed by atoms with Crippen LogP contribution in [0.1, 0.15) is 11.3 Å². The highest BCUT2D eigenvalue weighted by Crippen LogP contribution is 2.45. The van der Waals surface area contributed by atoms with Crippen molar-refractivity contribution >= 4 is 22.5 Å². The molecule has 1 aliphatic rings. The third-order valence-corrected chi connectivity index (χ3v) is 5.93. The lowest BCUT2D eigenvalue weighted by molar-refractivity contribution is 0.440. The summed E-state index contributed by atoms with van der Waals surface area (Å²) in [5, 5.41) is 4.48. The molecular formula is C25H21N7O. The van der Waals surface area contributed by atoms with Gasteiger partial charge in [0, 0.05) is 36.7 Å². The second-order valence-corrected chi connectivity index (χ2v) is 8.08. The maximum atomic E-state index is 5.95. The molecule has 0 aliphatic carbocycles. The number of anilines is 2. The van der Waals surface area contributed by atoms with Crippen LogP contribution in [0.4, 0.5) is 11.5 Å². The largest absolute Gasteiger partial charge is 0.424 e. The molecule has 0 spiro atoms. The van der Waals surface area contributed by atoms with Crippen molar-refractivity contribution in [2.45, 2.75) is 13.5 Å². The number of nitrogens with one attached hydrogen (secondary N) is 1. The van der Waals surface area contributed by atoms with Crippen molar-refractivity contribution in [3.63, 3.8) is 0 Å². The number of rotatable bonds is 3. The van der Waals surface area contributed by atoms with Gasteiger partial charge in [0.2, 0.25) is 0 Å². The molecule has 2 aromatic carbocycles. The van der Waals surface area contributed by atoms with Crippen molar-refractivity contribution < 1.29 is 4.74 Å². The van der Waals surface area contributed by atoms with Gasteiger partial charge in [0.25, 0.3) is 0 Å². The molecule has 6 rings (SSSR count). The highest BCUT2D eigenvalue weighted by atomic mass is 16.5. The van der Waals surface area contributed by atoms with Gasteiger partial charge >= 0.3 is 6.01 Å². The van der Waals surface area contributed by atoms with Crippen molar-refractivity contribution in [1.82, 2.24) is 24.5 Å². The van der Waals surface area contributed by atoms with Gasteiger partial charge in [0.1, 0.15) is 23.5 Å². The van der Waals surface area contributed by atoms with Crippen molar-refractivity contribution in [2.75, 3.05) is 11.1 Å². The molecule has 3 aromatic heterocycles. The normalized spacial score (nSPS) is 12.2. The molecule has 0 atom stereocenters. The van der Waals surface area contributed by atoms with E-state index < -0.39 is 0 Å². The minimum atomic E-state index is 0.329. The summed E-state index contributed by atoms with van der Waals surface area (Å²) in [6, 6.07) is 16.1. The Morgan fingerprint density at radius 2 is 1.88 bits per heavy atom. The van der Waals surface area contributed by atoms with Crippen LogP contribution < -0.4 is 15.8 Å². The first-order valence-electron chi connectivity index (χ1n) is 10.6. The van der Waals surface area contributed by atoms with E-state index in [-0.39, 0.29) is 0 Å². The molecule has 8 heteroatoms. The number of benzene rings is 2. The van der Waals surface area contributed by atoms with E-state index in [1.165, 1.54) is 0 Å². The van der Waals surface area contributed by atoms with E-state index in [2.05, 4.69) is 35.9 Å². The highest BCUT2D eigenvalue weighted by molar-refractivity contribution is 6.09. The monoisotopic (exact) mass is 435 g/mol. The minimum absolute atomic E-state index is 0.329. The van der Waals surface area contributed by atoms with Crippen LogP contribution in [0, 0.1) is 6.92 Å². The van der Waals surface area contributed by atoms with Gasteiger partial charge in [-0.1, -0.05) is 18.2 Å². The first-order chi connectivity index (χ1) is 16.1. The van der Waals surface area contributed by atoms with Gasteiger partial charge in [-0.05, 0) is 53.9 Å². The Hall–Kier alpha value is -4.46. The summed E-state index contributed by atoms with van der Waals surface area (Å²) in [6.07, 6.45) is 3.29. The number of nitrogens with two attached hydrogens (primary N) is 1. The third-order valence-electron chi connectivity index (χ3n) is 5.93. The van der Waals surface area contributed by atoms with Gasteiger partial charge in [0.05, 0.1) is 11.1 Å². The Kier molecular flexibility index (Phi) is 4.26. The van der Waals surface area contributed by atoms with Gasteiger partial charge in [0.15, 0.2) is 0 Å². The van der Waals surface area contributed by atoms with E-state index in [0.717, 1.165) is 56.2 Å². The zero-order chi connectivity index (χ0) is 22.5. The average molecular weight is 435 g/mol. The standard InChI is InChI=1S/C25H21N7O/c1-14-9-10-27-25(31-14)33-18-7-8-19-16(11-18)12-28-23-21-20(19)22(15-3-5-17(26)6-4-15)32(2)24(21)30-13-29-23/h3-11,13H,12,26H2,1-2H3,(H,28,29,30). The summed E-state index contributed by atoms with van der Waals surface area (Å²) < 4.78 is 8.07. The van der Waals surface area contributed by atoms with Crippen LogP contribution in [0.3, 0.4) is 0 Å². The van der Waals surface area contributed by atoms with Gasteiger partial charge in [-0.2, -0.15) is 0 Å². The zero-order valence-corrected chi connectivity index (χ0v) is 18.2. The number of nitrogen functional groups attached to an aromatic ring is 1. The van der Waals surface area contributed by atoms with Crippen molar-refractivity contribution in [3.05, 3.63) is 72.3 Å². The Labute approximate surface area is 190 Å². The maximum Gasteiger partial charge on any atom is 0.322 e. The second kappa shape index (κ2) is 7.30. The molecule has 33 heavy (non-hydrogen) atoms. The molecule has 0 bridgehead atoms. The number of nitrogens with zero attached hydrogens (tertiary/aromatic N) is 5. The molecule has 0 fully saturated rings. The Bertz CT molecular complexity index is 1520. The molecule has 1 aliphatic heterocycles. The summed E-state index contributed by atoms with van der Waals surface area (Å²) in [5.74, 6) is 1.49. The number of hydrogen-bond donors (Lipinski definition) is 2. The maximum absolute atomic E-state index is 5.95. The lowest BCUT2D eigenvalue weighted by atomic mass is 9.95. The quantitative estimate of drug-likeness (QED) is 0.396. The van der Waals surface area contributed by atoms with Crippen LogP contribution >= 0.6 is 0 Å². The van der Waals surface area contributed by atoms with Crippen LogP contribution in [0.2, 0.25) is 0 Å². The Balaban J connectivity index is 1.55. The molecule has 162 valence electrons. The number of aryl methyl sites for hydroxylation is 2. The molecule has 4 heterocycles.